The molecule has 0 aliphatic heterocycles. The van der Waals surface area contributed by atoms with Gasteiger partial charge in [-0.25, -0.2) is 4.98 Å². The van der Waals surface area contributed by atoms with Crippen molar-refractivity contribution in [1.29, 1.82) is 0 Å². The third-order valence-electron chi connectivity index (χ3n) is 5.66. The smallest absolute Gasteiger partial charge is 0.145 e. The molecule has 6 heteroatoms. The summed E-state index contributed by atoms with van der Waals surface area (Å²) in [5, 5.41) is 10.5. The van der Waals surface area contributed by atoms with Gasteiger partial charge in [-0.15, -0.1) is 0 Å². The summed E-state index contributed by atoms with van der Waals surface area (Å²) >= 11 is 9.98. The first-order valence-electron chi connectivity index (χ1n) is 10.6. The molecule has 0 fully saturated rings. The highest BCUT2D eigenvalue weighted by Crippen LogP contribution is 2.39. The second-order valence-corrected chi connectivity index (χ2v) is 9.37. The van der Waals surface area contributed by atoms with Crippen LogP contribution in [0.3, 0.4) is 0 Å². The van der Waals surface area contributed by atoms with Crippen LogP contribution >= 0.6 is 27.5 Å². The first kappa shape index (κ1) is 22.8. The Kier molecular flexibility index (Phi) is 6.89. The van der Waals surface area contributed by atoms with Crippen LogP contribution in [-0.2, 0) is 13.0 Å². The average Bonchev–Trinajstić information content (AvgIpc) is 3.16. The van der Waals surface area contributed by atoms with Gasteiger partial charge in [-0.05, 0) is 63.2 Å². The van der Waals surface area contributed by atoms with Gasteiger partial charge in [0.1, 0.15) is 22.6 Å². The Morgan fingerprint density at radius 3 is 2.50 bits per heavy atom. The van der Waals surface area contributed by atoms with E-state index in [1.807, 2.05) is 28.8 Å². The van der Waals surface area contributed by atoms with Gasteiger partial charge in [0.2, 0.25) is 0 Å². The molecule has 0 atom stereocenters. The second-order valence-electron chi connectivity index (χ2n) is 8.14. The van der Waals surface area contributed by atoms with Crippen LogP contribution in [0.5, 0.6) is 5.75 Å². The number of methoxy groups -OCH3 is 1. The normalized spacial score (nSPS) is 11.5. The minimum Gasteiger partial charge on any atom is -0.494 e. The largest absolute Gasteiger partial charge is 0.494 e. The quantitative estimate of drug-likeness (QED) is 0.294. The Hall–Kier alpha value is -2.34. The lowest BCUT2D eigenvalue weighted by atomic mass is 10.0. The number of aromatic nitrogens is 2. The number of aliphatic hydroxyl groups is 1. The van der Waals surface area contributed by atoms with Gasteiger partial charge >= 0.3 is 0 Å². The molecule has 1 aromatic heterocycles. The highest BCUT2D eigenvalue weighted by molar-refractivity contribution is 9.10. The Morgan fingerprint density at radius 2 is 1.88 bits per heavy atom. The van der Waals surface area contributed by atoms with Crippen molar-refractivity contribution in [2.75, 3.05) is 13.7 Å². The Labute approximate surface area is 201 Å². The molecule has 0 amide bonds. The van der Waals surface area contributed by atoms with Crippen LogP contribution < -0.4 is 4.74 Å². The molecule has 4 aromatic rings. The van der Waals surface area contributed by atoms with Crippen molar-refractivity contribution in [3.8, 4) is 17.1 Å². The molecular formula is C26H26BrClN2O2. The predicted octanol–water partition coefficient (Wildman–Crippen LogP) is 6.83. The maximum absolute atomic E-state index is 9.78. The van der Waals surface area contributed by atoms with E-state index in [-0.39, 0.29) is 6.61 Å². The van der Waals surface area contributed by atoms with Crippen LogP contribution in [0.15, 0.2) is 59.1 Å². The molecule has 0 spiro atoms. The molecule has 1 N–H and O–H groups in total. The van der Waals surface area contributed by atoms with E-state index < -0.39 is 0 Å². The Balaban J connectivity index is 1.89. The number of benzene rings is 3. The van der Waals surface area contributed by atoms with Gasteiger partial charge in [-0.3, -0.25) is 0 Å². The van der Waals surface area contributed by atoms with Gasteiger partial charge in [-0.1, -0.05) is 61.8 Å². The summed E-state index contributed by atoms with van der Waals surface area (Å²) in [6.45, 7) is 4.79. The molecule has 0 bridgehead atoms. The molecule has 4 nitrogen and oxygen atoms in total. The molecule has 0 saturated carbocycles. The number of imidazole rings is 1. The third-order valence-corrected chi connectivity index (χ3v) is 6.78. The van der Waals surface area contributed by atoms with E-state index in [9.17, 15) is 5.11 Å². The standard InChI is InChI=1S/C26H26BrClN2O2/c1-16(2)18-7-9-19(10-8-18)26-29-24-23(27)20(13-17-5-4-6-21(28)14-17)15-22(32-3)25(24)30(26)11-12-31/h4-10,14-16,31H,11-13H2,1-3H3. The lowest BCUT2D eigenvalue weighted by Gasteiger charge is -2.13. The van der Waals surface area contributed by atoms with Crippen LogP contribution in [0, 0.1) is 0 Å². The van der Waals surface area contributed by atoms with Crippen molar-refractivity contribution in [2.24, 2.45) is 0 Å². The van der Waals surface area contributed by atoms with E-state index in [1.165, 1.54) is 5.56 Å². The van der Waals surface area contributed by atoms with Crippen LogP contribution in [0.2, 0.25) is 5.02 Å². The molecular weight excluding hydrogens is 488 g/mol. The number of fused-ring (bicyclic) bond motifs is 1. The number of rotatable bonds is 7. The van der Waals surface area contributed by atoms with E-state index in [2.05, 4.69) is 60.1 Å². The number of hydrogen-bond acceptors (Lipinski definition) is 3. The lowest BCUT2D eigenvalue weighted by molar-refractivity contribution is 0.278. The number of halogens is 2. The highest BCUT2D eigenvalue weighted by Gasteiger charge is 2.21. The minimum absolute atomic E-state index is 0.00752. The summed E-state index contributed by atoms with van der Waals surface area (Å²) in [6, 6.07) is 18.4. The molecule has 166 valence electrons. The van der Waals surface area contributed by atoms with Crippen molar-refractivity contribution in [2.45, 2.75) is 32.7 Å². The molecule has 0 radical (unpaired) electrons. The highest BCUT2D eigenvalue weighted by atomic mass is 79.9. The van der Waals surface area contributed by atoms with Crippen molar-refractivity contribution in [3.05, 3.63) is 80.8 Å². The van der Waals surface area contributed by atoms with Gasteiger partial charge < -0.3 is 14.4 Å². The van der Waals surface area contributed by atoms with Gasteiger partial charge in [0.05, 0.1) is 13.7 Å². The van der Waals surface area contributed by atoms with E-state index in [0.717, 1.165) is 43.8 Å². The fourth-order valence-corrected chi connectivity index (χ4v) is 4.75. The minimum atomic E-state index is 0.00752. The van der Waals surface area contributed by atoms with Crippen molar-refractivity contribution in [1.82, 2.24) is 9.55 Å². The van der Waals surface area contributed by atoms with E-state index in [1.54, 1.807) is 7.11 Å². The van der Waals surface area contributed by atoms with E-state index in [0.29, 0.717) is 23.9 Å². The lowest BCUT2D eigenvalue weighted by Crippen LogP contribution is -2.05. The summed E-state index contributed by atoms with van der Waals surface area (Å²) in [6.07, 6.45) is 0.693. The van der Waals surface area contributed by atoms with Gasteiger partial charge in [-0.2, -0.15) is 0 Å². The monoisotopic (exact) mass is 512 g/mol. The zero-order valence-corrected chi connectivity index (χ0v) is 20.7. The Morgan fingerprint density at radius 1 is 1.12 bits per heavy atom. The fourth-order valence-electron chi connectivity index (χ4n) is 4.00. The number of nitrogens with zero attached hydrogens (tertiary/aromatic N) is 2. The van der Waals surface area contributed by atoms with Crippen molar-refractivity contribution >= 4 is 38.6 Å². The summed E-state index contributed by atoms with van der Waals surface area (Å²) in [4.78, 5) is 5.00. The summed E-state index contributed by atoms with van der Waals surface area (Å²) in [5.74, 6) is 2.00. The second kappa shape index (κ2) is 9.65. The fraction of sp³-hybridized carbons (Fsp3) is 0.269. The Bertz CT molecular complexity index is 1250. The molecule has 4 rings (SSSR count). The van der Waals surface area contributed by atoms with E-state index in [4.69, 9.17) is 21.3 Å². The number of hydrogen-bond donors (Lipinski definition) is 1. The van der Waals surface area contributed by atoms with Gasteiger partial charge in [0.25, 0.3) is 0 Å². The molecule has 32 heavy (non-hydrogen) atoms. The third kappa shape index (κ3) is 4.42. The van der Waals surface area contributed by atoms with E-state index >= 15 is 0 Å². The van der Waals surface area contributed by atoms with Crippen LogP contribution in [0.4, 0.5) is 0 Å². The first-order valence-corrected chi connectivity index (χ1v) is 11.8. The van der Waals surface area contributed by atoms with Crippen molar-refractivity contribution < 1.29 is 9.84 Å². The summed E-state index contributed by atoms with van der Waals surface area (Å²) in [7, 11) is 1.67. The maximum Gasteiger partial charge on any atom is 0.145 e. The molecule has 0 aliphatic rings. The number of ether oxygens (including phenoxy) is 1. The van der Waals surface area contributed by atoms with Crippen molar-refractivity contribution in [3.63, 3.8) is 0 Å². The SMILES string of the molecule is COc1cc(Cc2cccc(Cl)c2)c(Br)c2nc(-c3ccc(C(C)C)cc3)n(CCO)c12. The molecule has 0 unspecified atom stereocenters. The topological polar surface area (TPSA) is 47.3 Å². The molecule has 1 heterocycles. The number of aliphatic hydroxyl groups excluding tert-OH is 1. The zero-order valence-electron chi connectivity index (χ0n) is 18.4. The molecule has 3 aromatic carbocycles. The molecule has 0 saturated heterocycles. The predicted molar refractivity (Wildman–Crippen MR) is 135 cm³/mol. The molecule has 0 aliphatic carbocycles. The zero-order chi connectivity index (χ0) is 22.8. The van der Waals surface area contributed by atoms with Gasteiger partial charge in [0.15, 0.2) is 0 Å². The van der Waals surface area contributed by atoms with Crippen LogP contribution in [-0.4, -0.2) is 28.4 Å². The summed E-state index contributed by atoms with van der Waals surface area (Å²) in [5.41, 5.74) is 6.14. The maximum atomic E-state index is 9.78. The van der Waals surface area contributed by atoms with Crippen LogP contribution in [0.1, 0.15) is 36.5 Å². The first-order chi connectivity index (χ1) is 15.4. The summed E-state index contributed by atoms with van der Waals surface area (Å²) < 4.78 is 8.74. The van der Waals surface area contributed by atoms with Crippen LogP contribution in [0.25, 0.3) is 22.4 Å². The van der Waals surface area contributed by atoms with Gasteiger partial charge in [0, 0.05) is 21.6 Å². The average molecular weight is 514 g/mol.